The van der Waals surface area contributed by atoms with Gasteiger partial charge in [-0.05, 0) is 29.3 Å². The number of anilines is 2. The van der Waals surface area contributed by atoms with Crippen molar-refractivity contribution in [2.24, 2.45) is 0 Å². The summed E-state index contributed by atoms with van der Waals surface area (Å²) < 4.78 is 5.88. The third kappa shape index (κ3) is 4.40. The van der Waals surface area contributed by atoms with Crippen molar-refractivity contribution in [3.05, 3.63) is 10.8 Å². The monoisotopic (exact) mass is 318 g/mol. The number of aliphatic hydroxyl groups excluding tert-OH is 1. The van der Waals surface area contributed by atoms with Gasteiger partial charge < -0.3 is 20.5 Å². The lowest BCUT2D eigenvalue weighted by Crippen LogP contribution is -2.27. The van der Waals surface area contributed by atoms with Crippen LogP contribution in [0.2, 0.25) is 0 Å². The number of nitrogens with one attached hydrogen (secondary N) is 2. The molecule has 1 heterocycles. The minimum absolute atomic E-state index is 0.0145. The van der Waals surface area contributed by atoms with E-state index in [2.05, 4.69) is 36.5 Å². The molecular formula is C11H19BrN4O2. The maximum absolute atomic E-state index is 9.00. The van der Waals surface area contributed by atoms with Crippen LogP contribution in [0.5, 0.6) is 0 Å². The number of halogens is 1. The van der Waals surface area contributed by atoms with Crippen LogP contribution in [0, 0.1) is 0 Å². The van der Waals surface area contributed by atoms with E-state index in [1.165, 1.54) is 6.33 Å². The summed E-state index contributed by atoms with van der Waals surface area (Å²) in [7, 11) is 1.63. The van der Waals surface area contributed by atoms with E-state index in [9.17, 15) is 0 Å². The van der Waals surface area contributed by atoms with E-state index in [1.54, 1.807) is 7.11 Å². The summed E-state index contributed by atoms with van der Waals surface area (Å²) in [5.41, 5.74) is 0. The zero-order chi connectivity index (χ0) is 13.4. The minimum Gasteiger partial charge on any atom is -0.396 e. The summed E-state index contributed by atoms with van der Waals surface area (Å²) in [4.78, 5) is 8.32. The Kier molecular flexibility index (Phi) is 6.92. The van der Waals surface area contributed by atoms with Crippen molar-refractivity contribution in [1.29, 1.82) is 0 Å². The average Bonchev–Trinajstić information content (AvgIpc) is 2.35. The van der Waals surface area contributed by atoms with Gasteiger partial charge in [-0.1, -0.05) is 0 Å². The average molecular weight is 319 g/mol. The molecule has 1 unspecified atom stereocenters. The molecule has 18 heavy (non-hydrogen) atoms. The predicted molar refractivity (Wildman–Crippen MR) is 74.9 cm³/mol. The van der Waals surface area contributed by atoms with E-state index in [0.29, 0.717) is 18.8 Å². The molecule has 0 aromatic carbocycles. The smallest absolute Gasteiger partial charge is 0.146 e. The van der Waals surface area contributed by atoms with Crippen LogP contribution in [0.3, 0.4) is 0 Å². The number of nitrogens with zero attached hydrogens (tertiary/aromatic N) is 2. The van der Waals surface area contributed by atoms with Gasteiger partial charge in [0.1, 0.15) is 22.4 Å². The molecule has 1 aromatic rings. The van der Waals surface area contributed by atoms with Crippen LogP contribution >= 0.6 is 15.9 Å². The molecule has 0 bridgehead atoms. The van der Waals surface area contributed by atoms with Gasteiger partial charge in [0.05, 0.1) is 12.6 Å². The first-order chi connectivity index (χ1) is 8.72. The second kappa shape index (κ2) is 8.23. The van der Waals surface area contributed by atoms with Gasteiger partial charge in [0.2, 0.25) is 0 Å². The van der Waals surface area contributed by atoms with Crippen LogP contribution in [-0.2, 0) is 4.74 Å². The Morgan fingerprint density at radius 2 is 2.17 bits per heavy atom. The quantitative estimate of drug-likeness (QED) is 0.674. The van der Waals surface area contributed by atoms with Crippen LogP contribution in [0.25, 0.3) is 0 Å². The van der Waals surface area contributed by atoms with Gasteiger partial charge in [0.25, 0.3) is 0 Å². The van der Waals surface area contributed by atoms with Crippen LogP contribution in [0.1, 0.15) is 13.3 Å². The summed E-state index contributed by atoms with van der Waals surface area (Å²) >= 11 is 3.46. The summed E-state index contributed by atoms with van der Waals surface area (Å²) in [6, 6.07) is 0.0145. The molecule has 1 rings (SSSR count). The Hall–Kier alpha value is -0.920. The first-order valence-electron chi connectivity index (χ1n) is 5.83. The maximum Gasteiger partial charge on any atom is 0.146 e. The third-order valence-corrected chi connectivity index (χ3v) is 3.07. The third-order valence-electron chi connectivity index (χ3n) is 2.32. The van der Waals surface area contributed by atoms with Crippen LogP contribution in [0.4, 0.5) is 11.6 Å². The van der Waals surface area contributed by atoms with E-state index in [1.807, 2.05) is 6.92 Å². The molecule has 7 heteroatoms. The zero-order valence-electron chi connectivity index (χ0n) is 10.6. The number of aromatic nitrogens is 2. The first-order valence-corrected chi connectivity index (χ1v) is 6.62. The van der Waals surface area contributed by atoms with Crippen molar-refractivity contribution in [2.45, 2.75) is 19.4 Å². The number of ether oxygens (including phenoxy) is 1. The van der Waals surface area contributed by atoms with E-state index in [0.717, 1.165) is 16.8 Å². The van der Waals surface area contributed by atoms with Gasteiger partial charge >= 0.3 is 0 Å². The molecule has 6 nitrogen and oxygen atoms in total. The summed E-state index contributed by atoms with van der Waals surface area (Å²) in [6.07, 6.45) is 2.09. The lowest BCUT2D eigenvalue weighted by molar-refractivity contribution is 0.170. The highest BCUT2D eigenvalue weighted by molar-refractivity contribution is 9.10. The van der Waals surface area contributed by atoms with Crippen molar-refractivity contribution in [2.75, 3.05) is 37.5 Å². The van der Waals surface area contributed by atoms with Gasteiger partial charge in [0, 0.05) is 20.3 Å². The highest BCUT2D eigenvalue weighted by Crippen LogP contribution is 2.27. The number of rotatable bonds is 8. The minimum atomic E-state index is 0.0145. The summed E-state index contributed by atoms with van der Waals surface area (Å²) in [6.45, 7) is 3.39. The van der Waals surface area contributed by atoms with Crippen molar-refractivity contribution >= 4 is 27.6 Å². The SMILES string of the molecule is CCNc1ncnc(NC(CCO)COC)c1Br. The topological polar surface area (TPSA) is 79.3 Å². The summed E-state index contributed by atoms with van der Waals surface area (Å²) in [5, 5.41) is 15.4. The first kappa shape index (κ1) is 15.1. The highest BCUT2D eigenvalue weighted by Gasteiger charge is 2.13. The largest absolute Gasteiger partial charge is 0.396 e. The molecule has 0 saturated carbocycles. The Balaban J connectivity index is 2.78. The van der Waals surface area contributed by atoms with Gasteiger partial charge in [-0.15, -0.1) is 0 Å². The normalized spacial score (nSPS) is 12.2. The van der Waals surface area contributed by atoms with E-state index < -0.39 is 0 Å². The molecule has 1 aromatic heterocycles. The molecule has 0 aliphatic heterocycles. The standard InChI is InChI=1S/C11H19BrN4O2/c1-3-13-10-9(12)11(15-7-14-10)16-8(4-5-17)6-18-2/h7-8,17H,3-6H2,1-2H3,(H2,13,14,15,16). The van der Waals surface area contributed by atoms with Crippen molar-refractivity contribution < 1.29 is 9.84 Å². The van der Waals surface area contributed by atoms with Crippen LogP contribution < -0.4 is 10.6 Å². The molecule has 102 valence electrons. The van der Waals surface area contributed by atoms with Crippen molar-refractivity contribution in [3.63, 3.8) is 0 Å². The zero-order valence-corrected chi connectivity index (χ0v) is 12.2. The molecule has 0 radical (unpaired) electrons. The molecule has 0 aliphatic rings. The van der Waals surface area contributed by atoms with E-state index in [-0.39, 0.29) is 12.6 Å². The molecule has 0 saturated heterocycles. The fraction of sp³-hybridized carbons (Fsp3) is 0.636. The van der Waals surface area contributed by atoms with Gasteiger partial charge in [-0.25, -0.2) is 9.97 Å². The maximum atomic E-state index is 9.00. The Bertz CT molecular complexity index is 359. The fourth-order valence-corrected chi connectivity index (χ4v) is 1.97. The van der Waals surface area contributed by atoms with Crippen molar-refractivity contribution in [1.82, 2.24) is 9.97 Å². The van der Waals surface area contributed by atoms with Gasteiger partial charge in [0.15, 0.2) is 0 Å². The van der Waals surface area contributed by atoms with Crippen LogP contribution in [0.15, 0.2) is 10.8 Å². The molecule has 3 N–H and O–H groups in total. The van der Waals surface area contributed by atoms with Gasteiger partial charge in [-0.3, -0.25) is 0 Å². The molecule has 1 atom stereocenters. The molecular weight excluding hydrogens is 300 g/mol. The number of aliphatic hydroxyl groups is 1. The number of hydrogen-bond acceptors (Lipinski definition) is 6. The Labute approximate surface area is 115 Å². The Morgan fingerprint density at radius 3 is 2.78 bits per heavy atom. The second-order valence-corrected chi connectivity index (χ2v) is 4.52. The van der Waals surface area contributed by atoms with Crippen molar-refractivity contribution in [3.8, 4) is 0 Å². The van der Waals surface area contributed by atoms with E-state index in [4.69, 9.17) is 9.84 Å². The van der Waals surface area contributed by atoms with E-state index >= 15 is 0 Å². The second-order valence-electron chi connectivity index (χ2n) is 3.72. The fourth-order valence-electron chi connectivity index (χ4n) is 1.51. The highest BCUT2D eigenvalue weighted by atomic mass is 79.9. The number of hydrogen-bond donors (Lipinski definition) is 3. The molecule has 0 fully saturated rings. The molecule has 0 spiro atoms. The number of methoxy groups -OCH3 is 1. The molecule has 0 aliphatic carbocycles. The lowest BCUT2D eigenvalue weighted by Gasteiger charge is -2.19. The molecule has 0 amide bonds. The summed E-state index contributed by atoms with van der Waals surface area (Å²) in [5.74, 6) is 1.44. The Morgan fingerprint density at radius 1 is 1.44 bits per heavy atom. The van der Waals surface area contributed by atoms with Crippen LogP contribution in [-0.4, -0.2) is 48.0 Å². The van der Waals surface area contributed by atoms with Gasteiger partial charge in [-0.2, -0.15) is 0 Å². The lowest BCUT2D eigenvalue weighted by atomic mass is 10.2. The predicted octanol–water partition coefficient (Wildman–Crippen LogP) is 1.48.